The van der Waals surface area contributed by atoms with Crippen molar-refractivity contribution in [1.29, 1.82) is 0 Å². The molecule has 0 unspecified atom stereocenters. The van der Waals surface area contributed by atoms with Crippen LogP contribution in [0.1, 0.15) is 23.6 Å². The van der Waals surface area contributed by atoms with Gasteiger partial charge >= 0.3 is 0 Å². The van der Waals surface area contributed by atoms with Gasteiger partial charge < -0.3 is 11.1 Å². The Morgan fingerprint density at radius 2 is 1.50 bits per heavy atom. The number of nitrogens with two attached hydrogens (primary N) is 1. The summed E-state index contributed by atoms with van der Waals surface area (Å²) >= 11 is 0. The van der Waals surface area contributed by atoms with Gasteiger partial charge in [-0.25, -0.2) is 0 Å². The summed E-state index contributed by atoms with van der Waals surface area (Å²) in [4.78, 5) is 11.9. The highest BCUT2D eigenvalue weighted by Gasteiger charge is 2.03. The zero-order chi connectivity index (χ0) is 14.4. The molecule has 3 N–H and O–H groups in total. The van der Waals surface area contributed by atoms with Crippen LogP contribution in [0.5, 0.6) is 0 Å². The summed E-state index contributed by atoms with van der Waals surface area (Å²) < 4.78 is 0. The summed E-state index contributed by atoms with van der Waals surface area (Å²) in [6, 6.07) is 15.7. The largest absolute Gasteiger partial charge is 0.399 e. The molecule has 2 aromatic carbocycles. The van der Waals surface area contributed by atoms with Crippen molar-refractivity contribution in [3.63, 3.8) is 0 Å². The molecule has 104 valence electrons. The van der Waals surface area contributed by atoms with Crippen LogP contribution in [0.4, 0.5) is 5.69 Å². The van der Waals surface area contributed by atoms with Gasteiger partial charge in [-0.05, 0) is 35.2 Å². The number of aryl methyl sites for hydroxylation is 1. The first-order valence-corrected chi connectivity index (χ1v) is 6.86. The van der Waals surface area contributed by atoms with Gasteiger partial charge in [0.05, 0.1) is 6.42 Å². The molecule has 1 amide bonds. The molecule has 0 radical (unpaired) electrons. The number of anilines is 1. The summed E-state index contributed by atoms with van der Waals surface area (Å²) in [5, 5.41) is 2.93. The second-order valence-corrected chi connectivity index (χ2v) is 4.87. The monoisotopic (exact) mass is 268 g/mol. The number of nitrogens with one attached hydrogen (secondary N) is 1. The van der Waals surface area contributed by atoms with Gasteiger partial charge in [-0.15, -0.1) is 0 Å². The zero-order valence-corrected chi connectivity index (χ0v) is 11.7. The SMILES string of the molecule is CCc1ccc(CNC(=O)Cc2ccc(N)cc2)cc1. The summed E-state index contributed by atoms with van der Waals surface area (Å²) in [7, 11) is 0. The molecule has 2 aromatic rings. The van der Waals surface area contributed by atoms with E-state index in [0.717, 1.165) is 17.5 Å². The Hall–Kier alpha value is -2.29. The fourth-order valence-corrected chi connectivity index (χ4v) is 1.98. The maximum atomic E-state index is 11.9. The van der Waals surface area contributed by atoms with Gasteiger partial charge in [-0.3, -0.25) is 4.79 Å². The fourth-order valence-electron chi connectivity index (χ4n) is 1.98. The minimum Gasteiger partial charge on any atom is -0.399 e. The summed E-state index contributed by atoms with van der Waals surface area (Å²) in [5.74, 6) is 0.0225. The van der Waals surface area contributed by atoms with E-state index in [4.69, 9.17) is 5.73 Å². The van der Waals surface area contributed by atoms with E-state index in [9.17, 15) is 4.79 Å². The van der Waals surface area contributed by atoms with Crippen molar-refractivity contribution in [3.8, 4) is 0 Å². The molecule has 2 rings (SSSR count). The number of hydrogen-bond acceptors (Lipinski definition) is 2. The van der Waals surface area contributed by atoms with E-state index in [1.54, 1.807) is 0 Å². The molecular formula is C17H20N2O. The van der Waals surface area contributed by atoms with Gasteiger partial charge in [-0.1, -0.05) is 43.3 Å². The summed E-state index contributed by atoms with van der Waals surface area (Å²) in [6.45, 7) is 2.70. The van der Waals surface area contributed by atoms with E-state index in [-0.39, 0.29) is 5.91 Å². The van der Waals surface area contributed by atoms with Crippen molar-refractivity contribution < 1.29 is 4.79 Å². The van der Waals surface area contributed by atoms with Crippen molar-refractivity contribution in [3.05, 3.63) is 65.2 Å². The van der Waals surface area contributed by atoms with E-state index in [2.05, 4.69) is 36.5 Å². The van der Waals surface area contributed by atoms with Gasteiger partial charge in [0.2, 0.25) is 5.91 Å². The highest BCUT2D eigenvalue weighted by atomic mass is 16.1. The molecule has 0 bridgehead atoms. The Bertz CT molecular complexity index is 559. The maximum Gasteiger partial charge on any atom is 0.224 e. The Morgan fingerprint density at radius 1 is 0.950 bits per heavy atom. The minimum atomic E-state index is 0.0225. The first-order chi connectivity index (χ1) is 9.67. The number of carbonyl (C=O) groups excluding carboxylic acids is 1. The van der Waals surface area contributed by atoms with Gasteiger partial charge in [0.15, 0.2) is 0 Å². The Morgan fingerprint density at radius 3 is 2.10 bits per heavy atom. The quantitative estimate of drug-likeness (QED) is 0.819. The summed E-state index contributed by atoms with van der Waals surface area (Å²) in [5.41, 5.74) is 9.72. The average molecular weight is 268 g/mol. The molecule has 0 aliphatic rings. The Labute approximate surface area is 119 Å². The molecule has 0 saturated heterocycles. The lowest BCUT2D eigenvalue weighted by atomic mass is 10.1. The minimum absolute atomic E-state index is 0.0225. The number of carbonyl (C=O) groups is 1. The van der Waals surface area contributed by atoms with Crippen LogP contribution >= 0.6 is 0 Å². The first kappa shape index (κ1) is 14.1. The van der Waals surface area contributed by atoms with Crippen LogP contribution in [-0.2, 0) is 24.2 Å². The lowest BCUT2D eigenvalue weighted by Crippen LogP contribution is -2.24. The van der Waals surface area contributed by atoms with Gasteiger partial charge in [0, 0.05) is 12.2 Å². The van der Waals surface area contributed by atoms with Crippen LogP contribution in [-0.4, -0.2) is 5.91 Å². The molecule has 0 fully saturated rings. The first-order valence-electron chi connectivity index (χ1n) is 6.86. The van der Waals surface area contributed by atoms with E-state index >= 15 is 0 Å². The standard InChI is InChI=1S/C17H20N2O/c1-2-13-3-5-15(6-4-13)12-19-17(20)11-14-7-9-16(18)10-8-14/h3-10H,2,11-12,18H2,1H3,(H,19,20). The normalized spacial score (nSPS) is 10.2. The third-order valence-electron chi connectivity index (χ3n) is 3.27. The number of nitrogen functional groups attached to an aromatic ring is 1. The van der Waals surface area contributed by atoms with Crippen LogP contribution in [0.3, 0.4) is 0 Å². The highest BCUT2D eigenvalue weighted by molar-refractivity contribution is 5.78. The second kappa shape index (κ2) is 6.75. The van der Waals surface area contributed by atoms with E-state index < -0.39 is 0 Å². The van der Waals surface area contributed by atoms with Crippen molar-refractivity contribution in [2.75, 3.05) is 5.73 Å². The van der Waals surface area contributed by atoms with Crippen LogP contribution < -0.4 is 11.1 Å². The van der Waals surface area contributed by atoms with Crippen molar-refractivity contribution in [2.45, 2.75) is 26.3 Å². The number of hydrogen-bond donors (Lipinski definition) is 2. The lowest BCUT2D eigenvalue weighted by molar-refractivity contribution is -0.120. The van der Waals surface area contributed by atoms with Crippen molar-refractivity contribution in [1.82, 2.24) is 5.32 Å². The molecule has 20 heavy (non-hydrogen) atoms. The topological polar surface area (TPSA) is 55.1 Å². The third-order valence-corrected chi connectivity index (χ3v) is 3.27. The van der Waals surface area contributed by atoms with E-state index in [1.807, 2.05) is 24.3 Å². The van der Waals surface area contributed by atoms with Gasteiger partial charge in [-0.2, -0.15) is 0 Å². The van der Waals surface area contributed by atoms with Crippen LogP contribution in [0.25, 0.3) is 0 Å². The Kier molecular flexibility index (Phi) is 4.77. The predicted octanol–water partition coefficient (Wildman–Crippen LogP) is 2.69. The van der Waals surface area contributed by atoms with Crippen molar-refractivity contribution >= 4 is 11.6 Å². The molecule has 0 aromatic heterocycles. The van der Waals surface area contributed by atoms with E-state index in [1.165, 1.54) is 5.56 Å². The van der Waals surface area contributed by atoms with Crippen LogP contribution in [0.2, 0.25) is 0 Å². The number of rotatable bonds is 5. The van der Waals surface area contributed by atoms with Gasteiger partial charge in [0.25, 0.3) is 0 Å². The molecule has 0 saturated carbocycles. The molecule has 0 atom stereocenters. The van der Waals surface area contributed by atoms with Crippen molar-refractivity contribution in [2.24, 2.45) is 0 Å². The number of benzene rings is 2. The van der Waals surface area contributed by atoms with Gasteiger partial charge in [0.1, 0.15) is 0 Å². The Balaban J connectivity index is 1.83. The third kappa shape index (κ3) is 4.12. The number of amides is 1. The second-order valence-electron chi connectivity index (χ2n) is 4.87. The average Bonchev–Trinajstić information content (AvgIpc) is 2.48. The molecule has 0 aliphatic heterocycles. The van der Waals surface area contributed by atoms with Crippen LogP contribution in [0.15, 0.2) is 48.5 Å². The summed E-state index contributed by atoms with van der Waals surface area (Å²) in [6.07, 6.45) is 1.41. The molecule has 0 spiro atoms. The predicted molar refractivity (Wildman–Crippen MR) is 82.2 cm³/mol. The van der Waals surface area contributed by atoms with E-state index in [0.29, 0.717) is 18.7 Å². The molecule has 0 heterocycles. The smallest absolute Gasteiger partial charge is 0.224 e. The van der Waals surface area contributed by atoms with Crippen LogP contribution in [0, 0.1) is 0 Å². The molecule has 0 aliphatic carbocycles. The highest BCUT2D eigenvalue weighted by Crippen LogP contribution is 2.07. The molecule has 3 heteroatoms. The lowest BCUT2D eigenvalue weighted by Gasteiger charge is -2.06. The zero-order valence-electron chi connectivity index (χ0n) is 11.7. The molecular weight excluding hydrogens is 248 g/mol. The molecule has 3 nitrogen and oxygen atoms in total. The maximum absolute atomic E-state index is 11.9. The fraction of sp³-hybridized carbons (Fsp3) is 0.235.